The molecule has 1 amide bonds. The van der Waals surface area contributed by atoms with E-state index in [4.69, 9.17) is 5.11 Å². The van der Waals surface area contributed by atoms with E-state index in [0.29, 0.717) is 17.7 Å². The lowest BCUT2D eigenvalue weighted by Crippen LogP contribution is -2.38. The number of amides is 1. The first-order chi connectivity index (χ1) is 10.2. The van der Waals surface area contributed by atoms with Crippen molar-refractivity contribution < 1.29 is 14.7 Å². The second-order valence-corrected chi connectivity index (χ2v) is 8.04. The standard InChI is InChI=1S/C16H24N2O3S/c1-9-12(22-15(17-9)16(2,3)4)13(19)18-11-7-5-10(6-8-11)14(20)21/h10-11H,5-8H2,1-4H3,(H,18,19)(H,20,21). The van der Waals surface area contributed by atoms with E-state index in [1.165, 1.54) is 11.3 Å². The van der Waals surface area contributed by atoms with Gasteiger partial charge in [0.2, 0.25) is 0 Å². The number of hydrogen-bond donors (Lipinski definition) is 2. The van der Waals surface area contributed by atoms with Crippen molar-refractivity contribution in [2.45, 2.75) is 64.8 Å². The summed E-state index contributed by atoms with van der Waals surface area (Å²) in [6.07, 6.45) is 2.73. The minimum absolute atomic E-state index is 0.0620. The molecule has 0 radical (unpaired) electrons. The summed E-state index contributed by atoms with van der Waals surface area (Å²) in [6, 6.07) is 0.0719. The predicted molar refractivity (Wildman–Crippen MR) is 86.4 cm³/mol. The van der Waals surface area contributed by atoms with Gasteiger partial charge in [0.1, 0.15) is 4.88 Å². The number of carbonyl (C=O) groups is 2. The maximum atomic E-state index is 12.4. The zero-order valence-electron chi connectivity index (χ0n) is 13.6. The highest BCUT2D eigenvalue weighted by molar-refractivity contribution is 7.14. The van der Waals surface area contributed by atoms with Crippen molar-refractivity contribution in [3.63, 3.8) is 0 Å². The van der Waals surface area contributed by atoms with E-state index >= 15 is 0 Å². The average molecular weight is 324 g/mol. The molecule has 0 aromatic carbocycles. The van der Waals surface area contributed by atoms with E-state index in [1.807, 2.05) is 6.92 Å². The fourth-order valence-corrected chi connectivity index (χ4v) is 3.69. The largest absolute Gasteiger partial charge is 0.481 e. The third kappa shape index (κ3) is 3.85. The first-order valence-corrected chi connectivity index (χ1v) is 8.51. The summed E-state index contributed by atoms with van der Waals surface area (Å²) in [5, 5.41) is 13.0. The molecule has 1 fully saturated rings. The van der Waals surface area contributed by atoms with Crippen molar-refractivity contribution in [1.82, 2.24) is 10.3 Å². The Bertz CT molecular complexity index is 566. The van der Waals surface area contributed by atoms with Gasteiger partial charge < -0.3 is 10.4 Å². The highest BCUT2D eigenvalue weighted by Crippen LogP contribution is 2.30. The number of nitrogens with zero attached hydrogens (tertiary/aromatic N) is 1. The highest BCUT2D eigenvalue weighted by Gasteiger charge is 2.28. The summed E-state index contributed by atoms with van der Waals surface area (Å²) >= 11 is 1.45. The molecule has 0 spiro atoms. The third-order valence-electron chi connectivity index (χ3n) is 4.06. The number of hydrogen-bond acceptors (Lipinski definition) is 4. The second kappa shape index (κ2) is 6.36. The molecule has 1 heterocycles. The van der Waals surface area contributed by atoms with Crippen molar-refractivity contribution in [1.29, 1.82) is 0 Å². The molecule has 22 heavy (non-hydrogen) atoms. The molecular formula is C16H24N2O3S. The van der Waals surface area contributed by atoms with Crippen molar-refractivity contribution in [2.75, 3.05) is 0 Å². The van der Waals surface area contributed by atoms with Gasteiger partial charge in [-0.05, 0) is 32.6 Å². The minimum Gasteiger partial charge on any atom is -0.481 e. The maximum Gasteiger partial charge on any atom is 0.306 e. The molecule has 5 nitrogen and oxygen atoms in total. The number of carboxylic acid groups (broad SMARTS) is 1. The van der Waals surface area contributed by atoms with Gasteiger partial charge in [0.15, 0.2) is 0 Å². The third-order valence-corrected chi connectivity index (χ3v) is 5.64. The first kappa shape index (κ1) is 16.9. The van der Waals surface area contributed by atoms with E-state index in [2.05, 4.69) is 31.1 Å². The molecule has 0 atom stereocenters. The lowest BCUT2D eigenvalue weighted by molar-refractivity contribution is -0.142. The predicted octanol–water partition coefficient (Wildman–Crippen LogP) is 3.12. The van der Waals surface area contributed by atoms with E-state index in [0.717, 1.165) is 23.5 Å². The Morgan fingerprint density at radius 3 is 2.27 bits per heavy atom. The van der Waals surface area contributed by atoms with Gasteiger partial charge in [-0.25, -0.2) is 4.98 Å². The Kier molecular flexibility index (Phi) is 4.90. The van der Waals surface area contributed by atoms with Crippen LogP contribution in [-0.4, -0.2) is 28.0 Å². The summed E-state index contributed by atoms with van der Waals surface area (Å²) in [6.45, 7) is 8.11. The molecule has 0 bridgehead atoms. The van der Waals surface area contributed by atoms with Gasteiger partial charge in [-0.15, -0.1) is 11.3 Å². The van der Waals surface area contributed by atoms with Gasteiger partial charge in [0.25, 0.3) is 5.91 Å². The number of carboxylic acids is 1. The highest BCUT2D eigenvalue weighted by atomic mass is 32.1. The van der Waals surface area contributed by atoms with Gasteiger partial charge >= 0.3 is 5.97 Å². The quantitative estimate of drug-likeness (QED) is 0.895. The monoisotopic (exact) mass is 324 g/mol. The molecule has 122 valence electrons. The van der Waals surface area contributed by atoms with Gasteiger partial charge in [-0.2, -0.15) is 0 Å². The summed E-state index contributed by atoms with van der Waals surface area (Å²) in [5.41, 5.74) is 0.708. The van der Waals surface area contributed by atoms with Crippen LogP contribution in [0.5, 0.6) is 0 Å². The SMILES string of the molecule is Cc1nc(C(C)(C)C)sc1C(=O)NC1CCC(C(=O)O)CC1. The van der Waals surface area contributed by atoms with E-state index < -0.39 is 5.97 Å². The lowest BCUT2D eigenvalue weighted by atomic mass is 9.86. The summed E-state index contributed by atoms with van der Waals surface area (Å²) in [7, 11) is 0. The minimum atomic E-state index is -0.724. The molecule has 1 aromatic heterocycles. The van der Waals surface area contributed by atoms with Crippen molar-refractivity contribution >= 4 is 23.2 Å². The Labute approximate surface area is 135 Å². The molecule has 2 N–H and O–H groups in total. The zero-order valence-corrected chi connectivity index (χ0v) is 14.4. The van der Waals surface area contributed by atoms with E-state index in [1.54, 1.807) is 0 Å². The van der Waals surface area contributed by atoms with Gasteiger partial charge in [0, 0.05) is 11.5 Å². The summed E-state index contributed by atoms with van der Waals surface area (Å²) in [4.78, 5) is 28.6. The van der Waals surface area contributed by atoms with Gasteiger partial charge in [0.05, 0.1) is 16.6 Å². The fraction of sp³-hybridized carbons (Fsp3) is 0.688. The van der Waals surface area contributed by atoms with E-state index in [-0.39, 0.29) is 23.3 Å². The fourth-order valence-electron chi connectivity index (χ4n) is 2.66. The Morgan fingerprint density at radius 2 is 1.82 bits per heavy atom. The number of carbonyl (C=O) groups excluding carboxylic acids is 1. The number of thiazole rings is 1. The smallest absolute Gasteiger partial charge is 0.306 e. The van der Waals surface area contributed by atoms with Crippen LogP contribution in [0.4, 0.5) is 0 Å². The van der Waals surface area contributed by atoms with Crippen LogP contribution < -0.4 is 5.32 Å². The Hall–Kier alpha value is -1.43. The topological polar surface area (TPSA) is 79.3 Å². The first-order valence-electron chi connectivity index (χ1n) is 7.70. The number of aryl methyl sites for hydroxylation is 1. The van der Waals surface area contributed by atoms with Crippen LogP contribution in [0.15, 0.2) is 0 Å². The van der Waals surface area contributed by atoms with Crippen LogP contribution >= 0.6 is 11.3 Å². The van der Waals surface area contributed by atoms with Crippen molar-refractivity contribution in [3.05, 3.63) is 15.6 Å². The molecule has 6 heteroatoms. The molecule has 1 aliphatic rings. The van der Waals surface area contributed by atoms with Crippen molar-refractivity contribution in [3.8, 4) is 0 Å². The van der Waals surface area contributed by atoms with Crippen molar-refractivity contribution in [2.24, 2.45) is 5.92 Å². The molecule has 0 unspecified atom stereocenters. The normalized spacial score (nSPS) is 22.4. The van der Waals surface area contributed by atoms with E-state index in [9.17, 15) is 9.59 Å². The number of rotatable bonds is 3. The zero-order chi connectivity index (χ0) is 16.5. The maximum absolute atomic E-state index is 12.4. The number of nitrogens with one attached hydrogen (secondary N) is 1. The van der Waals surface area contributed by atoms with Gasteiger partial charge in [-0.1, -0.05) is 20.8 Å². The van der Waals surface area contributed by atoms with Crippen LogP contribution in [0.3, 0.4) is 0 Å². The molecule has 1 aromatic rings. The second-order valence-electron chi connectivity index (χ2n) is 7.04. The lowest BCUT2D eigenvalue weighted by Gasteiger charge is -2.26. The molecule has 1 aliphatic carbocycles. The van der Waals surface area contributed by atoms with Crippen LogP contribution in [-0.2, 0) is 10.2 Å². The molecule has 0 aliphatic heterocycles. The Balaban J connectivity index is 1.99. The summed E-state index contributed by atoms with van der Waals surface area (Å²) < 4.78 is 0. The molecule has 1 saturated carbocycles. The number of aliphatic carboxylic acids is 1. The Morgan fingerprint density at radius 1 is 1.23 bits per heavy atom. The molecular weight excluding hydrogens is 300 g/mol. The average Bonchev–Trinajstić information content (AvgIpc) is 2.81. The molecule has 0 saturated heterocycles. The molecule has 2 rings (SSSR count). The van der Waals surface area contributed by atoms with Gasteiger partial charge in [-0.3, -0.25) is 9.59 Å². The number of aromatic nitrogens is 1. The van der Waals surface area contributed by atoms with Crippen LogP contribution in [0.25, 0.3) is 0 Å². The van der Waals surface area contributed by atoms with Crippen LogP contribution in [0.2, 0.25) is 0 Å². The van der Waals surface area contributed by atoms with Crippen LogP contribution in [0, 0.1) is 12.8 Å². The van der Waals surface area contributed by atoms with Crippen LogP contribution in [0.1, 0.15) is 66.8 Å². The summed E-state index contributed by atoms with van der Waals surface area (Å²) in [5.74, 6) is -1.06.